The van der Waals surface area contributed by atoms with Crippen molar-refractivity contribution in [2.24, 2.45) is 0 Å². The molecule has 1 atom stereocenters. The molecule has 5 heteroatoms. The van der Waals surface area contributed by atoms with Crippen LogP contribution in [0.15, 0.2) is 60.7 Å². The Labute approximate surface area is 160 Å². The van der Waals surface area contributed by atoms with Gasteiger partial charge >= 0.3 is 5.97 Å². The van der Waals surface area contributed by atoms with Crippen molar-refractivity contribution >= 4 is 18.0 Å². The van der Waals surface area contributed by atoms with E-state index in [0.29, 0.717) is 0 Å². The van der Waals surface area contributed by atoms with E-state index in [0.717, 1.165) is 24.2 Å². The van der Waals surface area contributed by atoms with E-state index in [1.54, 1.807) is 25.3 Å². The van der Waals surface area contributed by atoms with Crippen LogP contribution in [0.3, 0.4) is 0 Å². The van der Waals surface area contributed by atoms with Crippen LogP contribution < -0.4 is 10.1 Å². The van der Waals surface area contributed by atoms with Crippen molar-refractivity contribution < 1.29 is 19.1 Å². The van der Waals surface area contributed by atoms with Crippen LogP contribution in [-0.2, 0) is 20.7 Å². The SMILES string of the molecule is COc1ccc(C=CC(=O)OCC(=O)NC(C)CCc2ccccc2)cc1. The molecule has 0 aliphatic rings. The van der Waals surface area contributed by atoms with Crippen molar-refractivity contribution in [3.8, 4) is 5.75 Å². The molecule has 2 aromatic carbocycles. The molecule has 1 unspecified atom stereocenters. The number of carbonyl (C=O) groups is 2. The smallest absolute Gasteiger partial charge is 0.331 e. The number of rotatable bonds is 9. The average molecular weight is 367 g/mol. The van der Waals surface area contributed by atoms with Gasteiger partial charge in [-0.2, -0.15) is 0 Å². The van der Waals surface area contributed by atoms with Gasteiger partial charge in [0.05, 0.1) is 7.11 Å². The van der Waals surface area contributed by atoms with Crippen LogP contribution in [0.25, 0.3) is 6.08 Å². The second-order valence-electron chi connectivity index (χ2n) is 6.21. The summed E-state index contributed by atoms with van der Waals surface area (Å²) in [6, 6.07) is 17.3. The van der Waals surface area contributed by atoms with E-state index in [1.807, 2.05) is 37.3 Å². The Morgan fingerprint density at radius 2 is 1.78 bits per heavy atom. The largest absolute Gasteiger partial charge is 0.497 e. The van der Waals surface area contributed by atoms with Crippen molar-refractivity contribution in [3.05, 3.63) is 71.8 Å². The van der Waals surface area contributed by atoms with Gasteiger partial charge in [-0.3, -0.25) is 4.79 Å². The molecule has 27 heavy (non-hydrogen) atoms. The summed E-state index contributed by atoms with van der Waals surface area (Å²) in [5, 5.41) is 2.84. The van der Waals surface area contributed by atoms with Gasteiger partial charge in [-0.15, -0.1) is 0 Å². The third-order valence-electron chi connectivity index (χ3n) is 3.99. The molecule has 2 aromatic rings. The summed E-state index contributed by atoms with van der Waals surface area (Å²) in [6.07, 6.45) is 4.63. The average Bonchev–Trinajstić information content (AvgIpc) is 2.70. The third-order valence-corrected chi connectivity index (χ3v) is 3.99. The number of aryl methyl sites for hydroxylation is 1. The molecule has 0 saturated carbocycles. The van der Waals surface area contributed by atoms with Gasteiger partial charge < -0.3 is 14.8 Å². The molecule has 0 saturated heterocycles. The number of amides is 1. The molecular weight excluding hydrogens is 342 g/mol. The second kappa shape index (κ2) is 10.8. The fourth-order valence-electron chi connectivity index (χ4n) is 2.48. The highest BCUT2D eigenvalue weighted by Crippen LogP contribution is 2.12. The van der Waals surface area contributed by atoms with Crippen molar-refractivity contribution in [3.63, 3.8) is 0 Å². The molecule has 0 aliphatic carbocycles. The molecule has 0 bridgehead atoms. The second-order valence-corrected chi connectivity index (χ2v) is 6.21. The molecule has 0 aliphatic heterocycles. The van der Waals surface area contributed by atoms with Gasteiger partial charge in [0.1, 0.15) is 5.75 Å². The van der Waals surface area contributed by atoms with Crippen molar-refractivity contribution in [2.75, 3.05) is 13.7 Å². The Balaban J connectivity index is 1.67. The fraction of sp³-hybridized carbons (Fsp3) is 0.273. The predicted octanol–water partition coefficient (Wildman–Crippen LogP) is 3.39. The normalized spacial score (nSPS) is 11.8. The molecule has 0 spiro atoms. The Hall–Kier alpha value is -3.08. The first-order valence-corrected chi connectivity index (χ1v) is 8.89. The number of hydrogen-bond acceptors (Lipinski definition) is 4. The quantitative estimate of drug-likeness (QED) is 0.545. The van der Waals surface area contributed by atoms with Crippen LogP contribution >= 0.6 is 0 Å². The highest BCUT2D eigenvalue weighted by molar-refractivity contribution is 5.89. The van der Waals surface area contributed by atoms with E-state index < -0.39 is 5.97 Å². The lowest BCUT2D eigenvalue weighted by Gasteiger charge is -2.13. The van der Waals surface area contributed by atoms with Crippen molar-refractivity contribution in [2.45, 2.75) is 25.8 Å². The number of benzene rings is 2. The number of esters is 1. The first-order chi connectivity index (χ1) is 13.1. The zero-order valence-electron chi connectivity index (χ0n) is 15.7. The van der Waals surface area contributed by atoms with E-state index in [2.05, 4.69) is 17.4 Å². The van der Waals surface area contributed by atoms with Crippen LogP contribution in [0.5, 0.6) is 5.75 Å². The van der Waals surface area contributed by atoms with Gasteiger partial charge in [0.2, 0.25) is 0 Å². The maximum Gasteiger partial charge on any atom is 0.331 e. The first kappa shape index (κ1) is 20.2. The lowest BCUT2D eigenvalue weighted by Crippen LogP contribution is -2.36. The molecule has 1 N–H and O–H groups in total. The maximum atomic E-state index is 11.9. The zero-order valence-corrected chi connectivity index (χ0v) is 15.7. The van der Waals surface area contributed by atoms with Gasteiger partial charge in [-0.05, 0) is 49.1 Å². The van der Waals surface area contributed by atoms with Crippen LogP contribution in [0.4, 0.5) is 0 Å². The highest BCUT2D eigenvalue weighted by Gasteiger charge is 2.09. The molecule has 5 nitrogen and oxygen atoms in total. The summed E-state index contributed by atoms with van der Waals surface area (Å²) in [6.45, 7) is 1.65. The first-order valence-electron chi connectivity index (χ1n) is 8.89. The fourth-order valence-corrected chi connectivity index (χ4v) is 2.48. The van der Waals surface area contributed by atoms with E-state index in [-0.39, 0.29) is 18.6 Å². The minimum absolute atomic E-state index is 0.00579. The van der Waals surface area contributed by atoms with Crippen LogP contribution in [0, 0.1) is 0 Å². The van der Waals surface area contributed by atoms with Crippen molar-refractivity contribution in [1.29, 1.82) is 0 Å². The lowest BCUT2D eigenvalue weighted by atomic mass is 10.1. The monoisotopic (exact) mass is 367 g/mol. The zero-order chi connectivity index (χ0) is 19.5. The summed E-state index contributed by atoms with van der Waals surface area (Å²) in [4.78, 5) is 23.6. The van der Waals surface area contributed by atoms with Crippen LogP contribution in [-0.4, -0.2) is 31.6 Å². The molecule has 0 fully saturated rings. The number of methoxy groups -OCH3 is 1. The molecule has 0 radical (unpaired) electrons. The van der Waals surface area contributed by atoms with Gasteiger partial charge in [-0.25, -0.2) is 4.79 Å². The summed E-state index contributed by atoms with van der Waals surface area (Å²) in [5.41, 5.74) is 2.07. The highest BCUT2D eigenvalue weighted by atomic mass is 16.5. The maximum absolute atomic E-state index is 11.9. The van der Waals surface area contributed by atoms with Crippen molar-refractivity contribution in [1.82, 2.24) is 5.32 Å². The van der Waals surface area contributed by atoms with Gasteiger partial charge in [0.15, 0.2) is 6.61 Å². The minimum atomic E-state index is -0.557. The Morgan fingerprint density at radius 1 is 1.07 bits per heavy atom. The van der Waals surface area contributed by atoms with Crippen LogP contribution in [0.1, 0.15) is 24.5 Å². The molecule has 2 rings (SSSR count). The van der Waals surface area contributed by atoms with Gasteiger partial charge in [0.25, 0.3) is 5.91 Å². The molecular formula is C22H25NO4. The molecule has 142 valence electrons. The van der Waals surface area contributed by atoms with E-state index >= 15 is 0 Å². The summed E-state index contributed by atoms with van der Waals surface area (Å²) < 4.78 is 10.0. The number of nitrogens with one attached hydrogen (secondary N) is 1. The van der Waals surface area contributed by atoms with Gasteiger partial charge in [0, 0.05) is 12.1 Å². The summed E-state index contributed by atoms with van der Waals surface area (Å²) in [5.74, 6) is -0.118. The Morgan fingerprint density at radius 3 is 2.44 bits per heavy atom. The van der Waals surface area contributed by atoms with E-state index in [4.69, 9.17) is 9.47 Å². The number of ether oxygens (including phenoxy) is 2. The van der Waals surface area contributed by atoms with E-state index in [1.165, 1.54) is 11.6 Å². The standard InChI is InChI=1S/C22H25NO4/c1-17(8-9-18-6-4-3-5-7-18)23-21(24)16-27-22(25)15-12-19-10-13-20(26-2)14-11-19/h3-7,10-15,17H,8-9,16H2,1-2H3,(H,23,24). The van der Waals surface area contributed by atoms with Gasteiger partial charge in [-0.1, -0.05) is 42.5 Å². The predicted molar refractivity (Wildman–Crippen MR) is 105 cm³/mol. The molecule has 1 amide bonds. The number of carbonyl (C=O) groups excluding carboxylic acids is 2. The topological polar surface area (TPSA) is 64.6 Å². The molecule has 0 aromatic heterocycles. The van der Waals surface area contributed by atoms with Crippen LogP contribution in [0.2, 0.25) is 0 Å². The molecule has 0 heterocycles. The Bertz CT molecular complexity index is 754. The Kier molecular flexibility index (Phi) is 8.10. The third kappa shape index (κ3) is 7.77. The summed E-state index contributed by atoms with van der Waals surface area (Å²) in [7, 11) is 1.59. The van der Waals surface area contributed by atoms with E-state index in [9.17, 15) is 9.59 Å². The number of hydrogen-bond donors (Lipinski definition) is 1. The minimum Gasteiger partial charge on any atom is -0.497 e. The summed E-state index contributed by atoms with van der Waals surface area (Å²) >= 11 is 0. The lowest BCUT2D eigenvalue weighted by molar-refractivity contribution is -0.144.